The van der Waals surface area contributed by atoms with E-state index < -0.39 is 0 Å². The maximum absolute atomic E-state index is 11.9. The second kappa shape index (κ2) is 6.66. The van der Waals surface area contributed by atoms with Gasteiger partial charge in [0.05, 0.1) is 0 Å². The van der Waals surface area contributed by atoms with Crippen molar-refractivity contribution >= 4 is 11.6 Å². The SMILES string of the molecule is CC(=O)CCC(=O)c1cccc(Oc2ccccc2)c1. The Morgan fingerprint density at radius 2 is 1.60 bits per heavy atom. The highest BCUT2D eigenvalue weighted by atomic mass is 16.5. The highest BCUT2D eigenvalue weighted by Gasteiger charge is 2.08. The van der Waals surface area contributed by atoms with Gasteiger partial charge in [-0.05, 0) is 31.2 Å². The third-order valence-electron chi connectivity index (χ3n) is 2.84. The van der Waals surface area contributed by atoms with Gasteiger partial charge < -0.3 is 9.53 Å². The maximum atomic E-state index is 11.9. The summed E-state index contributed by atoms with van der Waals surface area (Å²) in [4.78, 5) is 22.9. The molecule has 2 aromatic carbocycles. The van der Waals surface area contributed by atoms with Crippen LogP contribution >= 0.6 is 0 Å². The topological polar surface area (TPSA) is 43.4 Å². The number of para-hydroxylation sites is 1. The lowest BCUT2D eigenvalue weighted by atomic mass is 10.1. The Morgan fingerprint density at radius 1 is 0.900 bits per heavy atom. The van der Waals surface area contributed by atoms with E-state index in [1.165, 1.54) is 6.92 Å². The van der Waals surface area contributed by atoms with E-state index in [0.29, 0.717) is 11.3 Å². The molecule has 2 rings (SSSR count). The molecule has 0 aliphatic heterocycles. The van der Waals surface area contributed by atoms with Crippen molar-refractivity contribution in [2.75, 3.05) is 0 Å². The van der Waals surface area contributed by atoms with Crippen LogP contribution in [0.15, 0.2) is 54.6 Å². The minimum atomic E-state index is -0.0429. The molecule has 0 N–H and O–H groups in total. The van der Waals surface area contributed by atoms with Gasteiger partial charge in [-0.2, -0.15) is 0 Å². The Morgan fingerprint density at radius 3 is 2.30 bits per heavy atom. The molecule has 0 saturated carbocycles. The zero-order valence-corrected chi connectivity index (χ0v) is 11.3. The summed E-state index contributed by atoms with van der Waals surface area (Å²) in [5, 5.41) is 0. The predicted molar refractivity (Wildman–Crippen MR) is 77.2 cm³/mol. The van der Waals surface area contributed by atoms with Crippen molar-refractivity contribution in [1.82, 2.24) is 0 Å². The first-order valence-corrected chi connectivity index (χ1v) is 6.51. The zero-order chi connectivity index (χ0) is 14.4. The highest BCUT2D eigenvalue weighted by Crippen LogP contribution is 2.22. The lowest BCUT2D eigenvalue weighted by Crippen LogP contribution is -2.02. The van der Waals surface area contributed by atoms with Gasteiger partial charge in [0.1, 0.15) is 17.3 Å². The highest BCUT2D eigenvalue weighted by molar-refractivity contribution is 5.98. The first-order chi connectivity index (χ1) is 9.65. The monoisotopic (exact) mass is 268 g/mol. The molecule has 20 heavy (non-hydrogen) atoms. The van der Waals surface area contributed by atoms with Crippen LogP contribution in [-0.2, 0) is 4.79 Å². The van der Waals surface area contributed by atoms with Crippen LogP contribution in [-0.4, -0.2) is 11.6 Å². The molecule has 0 atom stereocenters. The van der Waals surface area contributed by atoms with Crippen molar-refractivity contribution in [3.8, 4) is 11.5 Å². The number of Topliss-reactive ketones (excluding diaryl/α,β-unsaturated/α-hetero) is 2. The molecule has 0 bridgehead atoms. The molecular weight excluding hydrogens is 252 g/mol. The van der Waals surface area contributed by atoms with Crippen LogP contribution in [0.25, 0.3) is 0 Å². The minimum Gasteiger partial charge on any atom is -0.457 e. The molecule has 0 fully saturated rings. The maximum Gasteiger partial charge on any atom is 0.163 e. The van der Waals surface area contributed by atoms with Gasteiger partial charge in [-0.25, -0.2) is 0 Å². The van der Waals surface area contributed by atoms with E-state index in [0.717, 1.165) is 5.75 Å². The van der Waals surface area contributed by atoms with E-state index in [2.05, 4.69) is 0 Å². The van der Waals surface area contributed by atoms with Crippen molar-refractivity contribution in [3.63, 3.8) is 0 Å². The van der Waals surface area contributed by atoms with Gasteiger partial charge in [-0.1, -0.05) is 30.3 Å². The Balaban J connectivity index is 2.08. The van der Waals surface area contributed by atoms with Crippen molar-refractivity contribution in [1.29, 1.82) is 0 Å². The molecule has 0 spiro atoms. The summed E-state index contributed by atoms with van der Waals surface area (Å²) in [5.41, 5.74) is 0.569. The molecule has 102 valence electrons. The molecule has 3 nitrogen and oxygen atoms in total. The Labute approximate surface area is 118 Å². The fourth-order valence-corrected chi connectivity index (χ4v) is 1.79. The summed E-state index contributed by atoms with van der Waals surface area (Å²) in [6.45, 7) is 1.49. The van der Waals surface area contributed by atoms with Crippen molar-refractivity contribution < 1.29 is 14.3 Å². The molecular formula is C17H16O3. The van der Waals surface area contributed by atoms with Crippen LogP contribution in [0.5, 0.6) is 11.5 Å². The summed E-state index contributed by atoms with van der Waals surface area (Å²) < 4.78 is 5.68. The summed E-state index contributed by atoms with van der Waals surface area (Å²) in [6.07, 6.45) is 0.521. The van der Waals surface area contributed by atoms with E-state index in [4.69, 9.17) is 4.74 Å². The molecule has 0 aliphatic rings. The molecule has 0 aromatic heterocycles. The van der Waals surface area contributed by atoms with E-state index in [1.54, 1.807) is 24.3 Å². The van der Waals surface area contributed by atoms with Crippen LogP contribution in [0.2, 0.25) is 0 Å². The van der Waals surface area contributed by atoms with Gasteiger partial charge in [0, 0.05) is 18.4 Å². The summed E-state index contributed by atoms with van der Waals surface area (Å²) >= 11 is 0. The van der Waals surface area contributed by atoms with E-state index in [1.807, 2.05) is 30.3 Å². The third-order valence-corrected chi connectivity index (χ3v) is 2.84. The van der Waals surface area contributed by atoms with Gasteiger partial charge in [0.15, 0.2) is 5.78 Å². The van der Waals surface area contributed by atoms with Gasteiger partial charge in [-0.15, -0.1) is 0 Å². The fraction of sp³-hybridized carbons (Fsp3) is 0.176. The van der Waals surface area contributed by atoms with Gasteiger partial charge in [0.25, 0.3) is 0 Å². The van der Waals surface area contributed by atoms with Crippen molar-refractivity contribution in [2.24, 2.45) is 0 Å². The first-order valence-electron chi connectivity index (χ1n) is 6.51. The molecule has 0 aliphatic carbocycles. The smallest absolute Gasteiger partial charge is 0.163 e. The molecule has 3 heteroatoms. The average Bonchev–Trinajstić information content (AvgIpc) is 2.46. The standard InChI is InChI=1S/C17H16O3/c1-13(18)10-11-17(19)14-6-5-9-16(12-14)20-15-7-3-2-4-8-15/h2-9,12H,10-11H2,1H3. The molecule has 0 radical (unpaired) electrons. The Kier molecular flexibility index (Phi) is 4.66. The van der Waals surface area contributed by atoms with E-state index in [9.17, 15) is 9.59 Å². The largest absolute Gasteiger partial charge is 0.457 e. The van der Waals surface area contributed by atoms with Crippen molar-refractivity contribution in [3.05, 3.63) is 60.2 Å². The molecule has 0 unspecified atom stereocenters. The fourth-order valence-electron chi connectivity index (χ4n) is 1.79. The number of rotatable bonds is 6. The number of ether oxygens (including phenoxy) is 1. The predicted octanol–water partition coefficient (Wildman–Crippen LogP) is 4.03. The lowest BCUT2D eigenvalue weighted by molar-refractivity contribution is -0.116. The lowest BCUT2D eigenvalue weighted by Gasteiger charge is -2.07. The normalized spacial score (nSPS) is 10.1. The van der Waals surface area contributed by atoms with Gasteiger partial charge >= 0.3 is 0 Å². The third kappa shape index (κ3) is 4.05. The zero-order valence-electron chi connectivity index (χ0n) is 11.3. The number of benzene rings is 2. The van der Waals surface area contributed by atoms with Crippen molar-refractivity contribution in [2.45, 2.75) is 19.8 Å². The minimum absolute atomic E-state index is 0.0232. The first kappa shape index (κ1) is 14.0. The quantitative estimate of drug-likeness (QED) is 0.743. The van der Waals surface area contributed by atoms with Crippen LogP contribution in [0.1, 0.15) is 30.1 Å². The Bertz CT molecular complexity index is 603. The molecule has 0 amide bonds. The second-order valence-electron chi connectivity index (χ2n) is 4.57. The number of hydrogen-bond acceptors (Lipinski definition) is 3. The Hall–Kier alpha value is -2.42. The average molecular weight is 268 g/mol. The molecule has 2 aromatic rings. The number of hydrogen-bond donors (Lipinski definition) is 0. The molecule has 0 saturated heterocycles. The van der Waals surface area contributed by atoms with Crippen LogP contribution < -0.4 is 4.74 Å². The van der Waals surface area contributed by atoms with Gasteiger partial charge in [-0.3, -0.25) is 4.79 Å². The number of carbonyl (C=O) groups excluding carboxylic acids is 2. The van der Waals surface area contributed by atoms with Gasteiger partial charge in [0.2, 0.25) is 0 Å². The number of ketones is 2. The van der Waals surface area contributed by atoms with Crippen LogP contribution in [0.3, 0.4) is 0 Å². The van der Waals surface area contributed by atoms with E-state index >= 15 is 0 Å². The summed E-state index contributed by atoms with van der Waals surface area (Å²) in [7, 11) is 0. The second-order valence-corrected chi connectivity index (χ2v) is 4.57. The van der Waals surface area contributed by atoms with Crippen LogP contribution in [0.4, 0.5) is 0 Å². The molecule has 0 heterocycles. The van der Waals surface area contributed by atoms with Crippen LogP contribution in [0, 0.1) is 0 Å². The summed E-state index contributed by atoms with van der Waals surface area (Å²) in [5.74, 6) is 1.32. The number of carbonyl (C=O) groups is 2. The summed E-state index contributed by atoms with van der Waals surface area (Å²) in [6, 6.07) is 16.4. The van der Waals surface area contributed by atoms with E-state index in [-0.39, 0.29) is 24.4 Å².